The highest BCUT2D eigenvalue weighted by molar-refractivity contribution is 5.35. The van der Waals surface area contributed by atoms with E-state index < -0.39 is 44.2 Å². The van der Waals surface area contributed by atoms with Gasteiger partial charge in [0.15, 0.2) is 5.92 Å². The van der Waals surface area contributed by atoms with E-state index in [1.165, 1.54) is 6.92 Å². The summed E-state index contributed by atoms with van der Waals surface area (Å²) in [5.74, 6) is -1.67. The minimum Gasteiger partial charge on any atom is -0.265 e. The van der Waals surface area contributed by atoms with E-state index in [1.54, 1.807) is 0 Å². The highest BCUT2D eigenvalue weighted by Gasteiger charge is 2.63. The first kappa shape index (κ1) is 17.9. The summed E-state index contributed by atoms with van der Waals surface area (Å²) in [5, 5.41) is 44.0. The Morgan fingerprint density at radius 3 is 1.74 bits per heavy atom. The largest absolute Gasteiger partial charge is 0.471 e. The van der Waals surface area contributed by atoms with Crippen LogP contribution in [0, 0.1) is 40.5 Å². The van der Waals surface area contributed by atoms with Crippen molar-refractivity contribution in [3.8, 4) is 0 Å². The molecule has 12 heteroatoms. The van der Waals surface area contributed by atoms with Crippen LogP contribution in [0.15, 0.2) is 24.3 Å². The van der Waals surface area contributed by atoms with E-state index in [2.05, 4.69) is 0 Å². The third-order valence-electron chi connectivity index (χ3n) is 3.55. The summed E-state index contributed by atoms with van der Waals surface area (Å²) < 4.78 is 0. The molecule has 0 saturated carbocycles. The van der Waals surface area contributed by atoms with Crippen molar-refractivity contribution in [3.05, 3.63) is 70.3 Å². The Balaban J connectivity index is 3.48. The highest BCUT2D eigenvalue weighted by Crippen LogP contribution is 2.35. The van der Waals surface area contributed by atoms with Gasteiger partial charge < -0.3 is 0 Å². The van der Waals surface area contributed by atoms with Gasteiger partial charge in [-0.25, -0.2) is 0 Å². The first-order valence-corrected chi connectivity index (χ1v) is 6.32. The van der Waals surface area contributed by atoms with Gasteiger partial charge in [-0.3, -0.25) is 40.5 Å². The summed E-state index contributed by atoms with van der Waals surface area (Å²) >= 11 is 0. The third-order valence-corrected chi connectivity index (χ3v) is 3.55. The summed E-state index contributed by atoms with van der Waals surface area (Å²) in [4.78, 5) is 40.1. The molecule has 1 aromatic carbocycles. The molecule has 1 unspecified atom stereocenters. The maximum atomic E-state index is 11.3. The zero-order valence-electron chi connectivity index (χ0n) is 11.9. The molecule has 0 fully saturated rings. The minimum absolute atomic E-state index is 0.0810. The summed E-state index contributed by atoms with van der Waals surface area (Å²) in [6, 6.07) is 4.10. The average molecular weight is 328 g/mol. The molecule has 0 aliphatic rings. The molecule has 0 spiro atoms. The maximum Gasteiger partial charge on any atom is 0.471 e. The van der Waals surface area contributed by atoms with Gasteiger partial charge in [0.1, 0.15) is 0 Å². The Labute approximate surface area is 128 Å². The fourth-order valence-corrected chi connectivity index (χ4v) is 2.32. The number of rotatable bonds is 8. The molecule has 0 amide bonds. The van der Waals surface area contributed by atoms with Crippen molar-refractivity contribution in [2.24, 2.45) is 0 Å². The summed E-state index contributed by atoms with van der Waals surface area (Å²) in [5.41, 5.74) is -3.20. The second kappa shape index (κ2) is 6.72. The van der Waals surface area contributed by atoms with Gasteiger partial charge in [0.05, 0.1) is 21.2 Å². The molecular formula is C11H12N4O8. The van der Waals surface area contributed by atoms with E-state index in [4.69, 9.17) is 0 Å². The molecule has 0 radical (unpaired) electrons. The second-order valence-electron chi connectivity index (χ2n) is 4.66. The topological polar surface area (TPSA) is 173 Å². The van der Waals surface area contributed by atoms with E-state index in [9.17, 15) is 40.5 Å². The number of hydrogen-bond acceptors (Lipinski definition) is 8. The Morgan fingerprint density at radius 1 is 0.957 bits per heavy atom. The maximum absolute atomic E-state index is 11.3. The van der Waals surface area contributed by atoms with Gasteiger partial charge in [0, 0.05) is 17.1 Å². The number of nitrogens with zero attached hydrogens (tertiary/aromatic N) is 4. The van der Waals surface area contributed by atoms with E-state index >= 15 is 0 Å². The predicted molar refractivity (Wildman–Crippen MR) is 74.7 cm³/mol. The Hall–Kier alpha value is -3.18. The highest BCUT2D eigenvalue weighted by atomic mass is 16.7. The smallest absolute Gasteiger partial charge is 0.265 e. The SMILES string of the molecule is CCC(C(C[N+](=O)[O-])c1ccc([N+](=O)[O-])cc1)([N+](=O)[O-])[N+](=O)[O-]. The number of non-ortho nitro benzene ring substituents is 1. The van der Waals surface area contributed by atoms with Gasteiger partial charge in [-0.2, -0.15) is 0 Å². The van der Waals surface area contributed by atoms with Crippen molar-refractivity contribution in [2.75, 3.05) is 6.54 Å². The number of hydrogen-bond donors (Lipinski definition) is 0. The third kappa shape index (κ3) is 3.36. The zero-order valence-corrected chi connectivity index (χ0v) is 11.9. The van der Waals surface area contributed by atoms with Crippen LogP contribution in [0.3, 0.4) is 0 Å². The van der Waals surface area contributed by atoms with Crippen LogP contribution < -0.4 is 0 Å². The second-order valence-corrected chi connectivity index (χ2v) is 4.66. The number of benzene rings is 1. The lowest BCUT2D eigenvalue weighted by Gasteiger charge is -2.22. The molecule has 0 bridgehead atoms. The molecular weight excluding hydrogens is 316 g/mol. The van der Waals surface area contributed by atoms with Crippen LogP contribution in [-0.2, 0) is 0 Å². The fourth-order valence-electron chi connectivity index (χ4n) is 2.32. The van der Waals surface area contributed by atoms with Crippen LogP contribution in [0.4, 0.5) is 5.69 Å². The Kier molecular flexibility index (Phi) is 5.22. The van der Waals surface area contributed by atoms with Crippen molar-refractivity contribution >= 4 is 5.69 Å². The van der Waals surface area contributed by atoms with Gasteiger partial charge in [0.2, 0.25) is 6.54 Å². The van der Waals surface area contributed by atoms with Crippen molar-refractivity contribution in [1.29, 1.82) is 0 Å². The quantitative estimate of drug-likeness (QED) is 0.393. The lowest BCUT2D eigenvalue weighted by Crippen LogP contribution is -2.52. The van der Waals surface area contributed by atoms with Gasteiger partial charge >= 0.3 is 5.66 Å². The molecule has 0 aliphatic heterocycles. The van der Waals surface area contributed by atoms with Crippen molar-refractivity contribution in [1.82, 2.24) is 0 Å². The first-order valence-electron chi connectivity index (χ1n) is 6.32. The fraction of sp³-hybridized carbons (Fsp3) is 0.455. The molecule has 0 aliphatic carbocycles. The van der Waals surface area contributed by atoms with Crippen molar-refractivity contribution in [2.45, 2.75) is 24.9 Å². The minimum atomic E-state index is -2.79. The van der Waals surface area contributed by atoms with E-state index in [1.807, 2.05) is 0 Å². The van der Waals surface area contributed by atoms with Crippen LogP contribution >= 0.6 is 0 Å². The molecule has 1 atom stereocenters. The van der Waals surface area contributed by atoms with Gasteiger partial charge in [-0.15, -0.1) is 0 Å². The molecule has 0 heterocycles. The van der Waals surface area contributed by atoms with E-state index in [-0.39, 0.29) is 11.3 Å². The lowest BCUT2D eigenvalue weighted by atomic mass is 9.84. The number of nitro groups is 4. The molecule has 0 aromatic heterocycles. The molecule has 23 heavy (non-hydrogen) atoms. The van der Waals surface area contributed by atoms with Crippen LogP contribution in [0.2, 0.25) is 0 Å². The standard InChI is InChI=1S/C11H12N4O8/c1-2-11(14(20)21,15(22)23)10(7-12(16)17)8-3-5-9(6-4-8)13(18)19/h3-6,10H,2,7H2,1H3. The molecule has 0 saturated heterocycles. The van der Waals surface area contributed by atoms with Crippen LogP contribution in [0.5, 0.6) is 0 Å². The summed E-state index contributed by atoms with van der Waals surface area (Å²) in [6.07, 6.45) is -0.581. The molecule has 12 nitrogen and oxygen atoms in total. The molecule has 1 aromatic rings. The first-order chi connectivity index (χ1) is 10.7. The Bertz CT molecular complexity index is 630. The van der Waals surface area contributed by atoms with Gasteiger partial charge in [0.25, 0.3) is 5.69 Å². The van der Waals surface area contributed by atoms with Crippen LogP contribution in [-0.4, -0.2) is 31.9 Å². The number of nitro benzene ring substituents is 1. The van der Waals surface area contributed by atoms with Gasteiger partial charge in [-0.1, -0.05) is 19.1 Å². The predicted octanol–water partition coefficient (Wildman–Crippen LogP) is 1.61. The zero-order chi connectivity index (χ0) is 17.8. The lowest BCUT2D eigenvalue weighted by molar-refractivity contribution is -0.805. The van der Waals surface area contributed by atoms with Crippen molar-refractivity contribution in [3.63, 3.8) is 0 Å². The van der Waals surface area contributed by atoms with E-state index in [0.717, 1.165) is 24.3 Å². The molecule has 0 N–H and O–H groups in total. The summed E-state index contributed by atoms with van der Waals surface area (Å²) in [6.45, 7) is 0.136. The normalized spacial score (nSPS) is 12.4. The van der Waals surface area contributed by atoms with Crippen LogP contribution in [0.1, 0.15) is 24.8 Å². The van der Waals surface area contributed by atoms with Gasteiger partial charge in [-0.05, 0) is 5.56 Å². The summed E-state index contributed by atoms with van der Waals surface area (Å²) in [7, 11) is 0. The molecule has 1 rings (SSSR count). The van der Waals surface area contributed by atoms with E-state index in [0.29, 0.717) is 0 Å². The van der Waals surface area contributed by atoms with Crippen LogP contribution in [0.25, 0.3) is 0 Å². The average Bonchev–Trinajstić information content (AvgIpc) is 2.46. The molecule has 124 valence electrons. The Morgan fingerprint density at radius 2 is 1.43 bits per heavy atom. The van der Waals surface area contributed by atoms with Crippen molar-refractivity contribution < 1.29 is 19.7 Å². The monoisotopic (exact) mass is 328 g/mol.